The molecule has 6 nitrogen and oxygen atoms in total. The van der Waals surface area contributed by atoms with Crippen LogP contribution in [0.25, 0.3) is 163 Å². The molecule has 120 heavy (non-hydrogen) atoms. The van der Waals surface area contributed by atoms with Gasteiger partial charge in [-0.05, 0) is 181 Å². The van der Waals surface area contributed by atoms with E-state index in [0.717, 1.165) is 98.7 Å². The van der Waals surface area contributed by atoms with Crippen LogP contribution in [0.3, 0.4) is 0 Å². The number of fused-ring (bicyclic) bond motifs is 15. The Labute approximate surface area is 718 Å². The van der Waals surface area contributed by atoms with Crippen molar-refractivity contribution >= 4 is 280 Å². The van der Waals surface area contributed by atoms with E-state index in [-0.39, 0.29) is 14.9 Å². The van der Waals surface area contributed by atoms with E-state index >= 15 is 0 Å². The van der Waals surface area contributed by atoms with Gasteiger partial charge in [-0.2, -0.15) is 0 Å². The van der Waals surface area contributed by atoms with Crippen molar-refractivity contribution in [2.75, 3.05) is 15.1 Å². The second kappa shape index (κ2) is 29.9. The van der Waals surface area contributed by atoms with Gasteiger partial charge in [0.15, 0.2) is 16.7 Å². The van der Waals surface area contributed by atoms with Gasteiger partial charge in [0.2, 0.25) is 0 Å². The van der Waals surface area contributed by atoms with Crippen LogP contribution in [0, 0.1) is 0 Å². The Morgan fingerprint density at radius 2 is 0.533 bits per heavy atom. The Bertz CT molecular complexity index is 7590. The van der Waals surface area contributed by atoms with E-state index < -0.39 is 24.2 Å². The van der Waals surface area contributed by atoms with Gasteiger partial charge < -0.3 is 28.4 Å². The monoisotopic (exact) mass is 1730 g/mol. The van der Waals surface area contributed by atoms with Crippen molar-refractivity contribution in [3.8, 4) is 0 Å². The fourth-order valence-corrected chi connectivity index (χ4v) is 23.8. The van der Waals surface area contributed by atoms with Gasteiger partial charge in [-0.15, -0.1) is 0 Å². The van der Waals surface area contributed by atoms with Gasteiger partial charge in [0.05, 0.1) is 52.7 Å². The SMILES string of the molecule is Brc1ccc2ccc3c(Br)ccc4ccc1c2c43.C.C.C[Si](C)(C)c1cc2ccccc2c2c1oc1c(N(c3ccccc3)c3ccc4ccc5c(N(c6ccccc6)c6cccc7c6oc6c([Si](C)(C)C)cc8ccccc8c67)ccc6ccc3c4c65)cccc12.C[Si](C)(C)c1cc2ccccc2c2c1oc1c(Nc3ccccc3)cccc12. The summed E-state index contributed by atoms with van der Waals surface area (Å²) in [6.45, 7) is 21.7. The Morgan fingerprint density at radius 3 is 0.917 bits per heavy atom. The Hall–Kier alpha value is -12.3. The molecule has 3 aromatic heterocycles. The first-order valence-electron chi connectivity index (χ1n) is 40.7. The number of anilines is 8. The summed E-state index contributed by atoms with van der Waals surface area (Å²) < 4.78 is 23.5. The molecule has 0 saturated heterocycles. The van der Waals surface area contributed by atoms with Crippen LogP contribution in [-0.2, 0) is 0 Å². The molecule has 0 amide bonds. The quantitative estimate of drug-likeness (QED) is 0.103. The normalized spacial score (nSPS) is 12.2. The lowest BCUT2D eigenvalue weighted by Gasteiger charge is -2.29. The van der Waals surface area contributed by atoms with Crippen molar-refractivity contribution in [1.29, 1.82) is 0 Å². The summed E-state index contributed by atoms with van der Waals surface area (Å²) in [5.74, 6) is 0. The highest BCUT2D eigenvalue weighted by Gasteiger charge is 2.32. The summed E-state index contributed by atoms with van der Waals surface area (Å²) in [5.41, 5.74) is 14.2. The summed E-state index contributed by atoms with van der Waals surface area (Å²) in [5, 5.41) is 37.2. The first kappa shape index (κ1) is 77.6. The van der Waals surface area contributed by atoms with Gasteiger partial charge >= 0.3 is 0 Å². The van der Waals surface area contributed by atoms with E-state index in [2.05, 4.69) is 421 Å². The van der Waals surface area contributed by atoms with Crippen LogP contribution < -0.4 is 30.7 Å². The number of benzene rings is 20. The molecule has 0 aliphatic carbocycles. The molecule has 0 aliphatic heterocycles. The zero-order chi connectivity index (χ0) is 80.2. The molecule has 3 heterocycles. The van der Waals surface area contributed by atoms with Crippen LogP contribution in [0.15, 0.2) is 356 Å². The van der Waals surface area contributed by atoms with Crippen molar-refractivity contribution in [2.24, 2.45) is 0 Å². The third-order valence-electron chi connectivity index (χ3n) is 24.1. The molecule has 0 aliphatic rings. The molecule has 0 spiro atoms. The standard InChI is InChI=1S/C66H52N2O2Si2.C25H23NOSi.C16H8Br2.2CH4/c1-71(2,3)57-39-43-19-13-15-25-47(43)61-51-27-17-29-55(63(51)69-65(57)61)67(45-21-9-7-10-22-45)53-37-33-41-32-36-50-54(38-34-42-31-35-49(53)59(41)60(42)50)68(46-23-11-8-12-24-46)56-30-18-28-52-62-48-26-16-14-20-44(48)40-58(72(4,5)6)66(62)70-64(52)56;1-28(2,3)22-16-17-10-7-8-13-19(17)23-20-14-9-15-21(24(20)27-25(22)23)26-18-11-5-4-6-12-18;17-13-8-4-10-2-6-12-14(18)7-3-9-1-5-11(13)16(10)15(9)12;;/h7-40H,1-6H3;4-16,26H,1-3H3;1-8H;2*1H4. The van der Waals surface area contributed by atoms with Crippen molar-refractivity contribution < 1.29 is 13.3 Å². The zero-order valence-electron chi connectivity index (χ0n) is 67.1. The van der Waals surface area contributed by atoms with E-state index in [4.69, 9.17) is 13.3 Å². The summed E-state index contributed by atoms with van der Waals surface area (Å²) >= 11 is 7.30. The largest absolute Gasteiger partial charge is 0.454 e. The maximum atomic E-state index is 7.30. The van der Waals surface area contributed by atoms with Gasteiger partial charge in [-0.3, -0.25) is 0 Å². The van der Waals surface area contributed by atoms with Gasteiger partial charge in [0.1, 0.15) is 16.7 Å². The second-order valence-corrected chi connectivity index (χ2v) is 51.4. The van der Waals surface area contributed by atoms with Crippen LogP contribution in [-0.4, -0.2) is 24.2 Å². The molecule has 0 unspecified atom stereocenters. The smallest absolute Gasteiger partial charge is 0.159 e. The van der Waals surface area contributed by atoms with Gasteiger partial charge in [-0.25, -0.2) is 0 Å². The molecule has 0 bridgehead atoms. The van der Waals surface area contributed by atoms with Crippen molar-refractivity contribution in [1.82, 2.24) is 0 Å². The number of hydrogen-bond donors (Lipinski definition) is 1. The topological polar surface area (TPSA) is 57.9 Å². The number of furan rings is 3. The summed E-state index contributed by atoms with van der Waals surface area (Å²) in [6, 6.07) is 121. The molecule has 1 N–H and O–H groups in total. The number of rotatable bonds is 11. The summed E-state index contributed by atoms with van der Waals surface area (Å²) in [7, 11) is -5.26. The Morgan fingerprint density at radius 1 is 0.233 bits per heavy atom. The number of nitrogens with zero attached hydrogens (tertiary/aromatic N) is 2. The first-order valence-corrected chi connectivity index (χ1v) is 52.7. The fourth-order valence-electron chi connectivity index (χ4n) is 18.6. The highest BCUT2D eigenvalue weighted by Crippen LogP contribution is 2.52. The van der Waals surface area contributed by atoms with Gasteiger partial charge in [0.25, 0.3) is 0 Å². The van der Waals surface area contributed by atoms with E-state index in [9.17, 15) is 0 Å². The minimum absolute atomic E-state index is 0. The lowest BCUT2D eigenvalue weighted by Crippen LogP contribution is -2.37. The maximum absolute atomic E-state index is 7.30. The summed E-state index contributed by atoms with van der Waals surface area (Å²) in [4.78, 5) is 4.84. The van der Waals surface area contributed by atoms with Crippen LogP contribution in [0.4, 0.5) is 45.5 Å². The molecule has 11 heteroatoms. The molecule has 0 fully saturated rings. The second-order valence-electron chi connectivity index (χ2n) is 34.5. The predicted molar refractivity (Wildman–Crippen MR) is 538 cm³/mol. The molecule has 0 saturated carbocycles. The molecule has 0 radical (unpaired) electrons. The maximum Gasteiger partial charge on any atom is 0.159 e. The van der Waals surface area contributed by atoms with Gasteiger partial charge in [0, 0.05) is 69.1 Å². The van der Waals surface area contributed by atoms with E-state index in [1.165, 1.54) is 134 Å². The molecule has 23 aromatic rings. The third kappa shape index (κ3) is 12.8. The summed E-state index contributed by atoms with van der Waals surface area (Å²) in [6.07, 6.45) is 0. The molecule has 23 rings (SSSR count). The number of halogens is 2. The average molecular weight is 1740 g/mol. The lowest BCUT2D eigenvalue weighted by molar-refractivity contribution is 0.671. The average Bonchev–Trinajstić information content (AvgIpc) is 1.35. The number of hydrogen-bond acceptors (Lipinski definition) is 6. The third-order valence-corrected chi connectivity index (χ3v) is 31.4. The van der Waals surface area contributed by atoms with Crippen LogP contribution in [0.5, 0.6) is 0 Å². The molecule has 0 atom stereocenters. The van der Waals surface area contributed by atoms with Crippen molar-refractivity contribution in [3.05, 3.63) is 343 Å². The molecule has 20 aromatic carbocycles. The number of nitrogens with one attached hydrogen (secondary N) is 1. The van der Waals surface area contributed by atoms with E-state index in [1.807, 2.05) is 18.2 Å². The zero-order valence-corrected chi connectivity index (χ0v) is 73.3. The first-order chi connectivity index (χ1) is 57.3. The van der Waals surface area contributed by atoms with Crippen LogP contribution in [0.2, 0.25) is 58.9 Å². The predicted octanol–water partition coefficient (Wildman–Crippen LogP) is 33.1. The van der Waals surface area contributed by atoms with Crippen molar-refractivity contribution in [2.45, 2.75) is 73.8 Å². The van der Waals surface area contributed by atoms with E-state index in [1.54, 1.807) is 0 Å². The lowest BCUT2D eigenvalue weighted by atomic mass is 9.91. The van der Waals surface area contributed by atoms with E-state index in [0.29, 0.717) is 0 Å². The number of para-hydroxylation sites is 6. The molecule has 586 valence electrons. The highest BCUT2D eigenvalue weighted by atomic mass is 79.9. The van der Waals surface area contributed by atoms with Crippen LogP contribution >= 0.6 is 31.9 Å². The minimum Gasteiger partial charge on any atom is -0.454 e. The van der Waals surface area contributed by atoms with Gasteiger partial charge in [-0.1, -0.05) is 360 Å². The highest BCUT2D eigenvalue weighted by molar-refractivity contribution is 9.11. The molecular weight excluding hydrogens is 1640 g/mol. The Balaban J connectivity index is 0.000000160. The van der Waals surface area contributed by atoms with Crippen LogP contribution in [0.1, 0.15) is 14.9 Å². The fraction of sp³-hybridized carbons (Fsp3) is 0.101. The molecular formula is C109H91Br2N3O3Si3. The van der Waals surface area contributed by atoms with Crippen molar-refractivity contribution in [3.63, 3.8) is 0 Å². The minimum atomic E-state index is -1.84. The Kier molecular flexibility index (Phi) is 19.3.